The Bertz CT molecular complexity index is 1080. The third-order valence-corrected chi connectivity index (χ3v) is 6.70. The second kappa shape index (κ2) is 12.5. The van der Waals surface area contributed by atoms with Gasteiger partial charge in [0, 0.05) is 44.3 Å². The number of piperidine rings is 1. The zero-order chi connectivity index (χ0) is 26.2. The molecule has 0 radical (unpaired) electrons. The van der Waals surface area contributed by atoms with Crippen LogP contribution < -0.4 is 5.73 Å². The van der Waals surface area contributed by atoms with Crippen molar-refractivity contribution in [2.75, 3.05) is 13.1 Å². The van der Waals surface area contributed by atoms with Crippen LogP contribution in [-0.4, -0.2) is 45.4 Å². The Morgan fingerprint density at radius 2 is 1.91 bits per heavy atom. The number of rotatable bonds is 7. The zero-order valence-corrected chi connectivity index (χ0v) is 21.7. The third kappa shape index (κ3) is 7.64. The van der Waals surface area contributed by atoms with Gasteiger partial charge in [-0.05, 0) is 37.2 Å². The van der Waals surface area contributed by atoms with Gasteiger partial charge in [0.15, 0.2) is 5.78 Å². The number of likely N-dealkylation sites (tertiary alicyclic amines) is 1. The van der Waals surface area contributed by atoms with Crippen LogP contribution in [0.5, 0.6) is 0 Å². The third-order valence-electron chi connectivity index (χ3n) is 6.70. The number of nitrogens with two attached hydrogens (primary N) is 1. The number of hydrogen-bond donors (Lipinski definition) is 1. The van der Waals surface area contributed by atoms with Gasteiger partial charge in [0.25, 0.3) is 0 Å². The van der Waals surface area contributed by atoms with Gasteiger partial charge in [-0.1, -0.05) is 45.9 Å². The Kier molecular flexibility index (Phi) is 10.00. The predicted molar refractivity (Wildman–Crippen MR) is 136 cm³/mol. The Morgan fingerprint density at radius 1 is 1.23 bits per heavy atom. The molecule has 2 heterocycles. The van der Waals surface area contributed by atoms with Crippen LogP contribution >= 0.6 is 0 Å². The number of hydrogen-bond acceptors (Lipinski definition) is 5. The number of aryl methyl sites for hydroxylation is 1. The second-order valence-corrected chi connectivity index (χ2v) is 10.4. The Morgan fingerprint density at radius 3 is 2.51 bits per heavy atom. The monoisotopic (exact) mass is 481 g/mol. The number of benzene rings is 1. The molecule has 35 heavy (non-hydrogen) atoms. The lowest BCUT2D eigenvalue weighted by Crippen LogP contribution is -2.47. The molecule has 1 saturated heterocycles. The van der Waals surface area contributed by atoms with E-state index >= 15 is 0 Å². The molecule has 0 spiro atoms. The van der Waals surface area contributed by atoms with Gasteiger partial charge < -0.3 is 10.6 Å². The number of primary amides is 1. The highest BCUT2D eigenvalue weighted by Crippen LogP contribution is 2.29. The van der Waals surface area contributed by atoms with Gasteiger partial charge in [-0.2, -0.15) is 10.4 Å². The highest BCUT2D eigenvalue weighted by atomic mass is 16.2. The normalized spacial score (nSPS) is 16.7. The molecule has 190 valence electrons. The van der Waals surface area contributed by atoms with Gasteiger partial charge in [0.1, 0.15) is 5.69 Å². The largest absolute Gasteiger partial charge is 0.369 e. The topological polar surface area (TPSA) is 122 Å². The van der Waals surface area contributed by atoms with Crippen LogP contribution in [0.25, 0.3) is 10.9 Å². The smallest absolute Gasteiger partial charge is 0.225 e. The predicted octanol–water partition coefficient (Wildman–Crippen LogP) is 4.33. The Hall–Kier alpha value is -3.21. The number of unbranched alkanes of at least 4 members (excludes halogenated alkanes) is 2. The number of carbonyl (C=O) groups excluding carboxylic acids is 3. The summed E-state index contributed by atoms with van der Waals surface area (Å²) in [6, 6.07) is 9.88. The number of fused-ring (bicyclic) bond motifs is 1. The highest BCUT2D eigenvalue weighted by Gasteiger charge is 2.33. The summed E-state index contributed by atoms with van der Waals surface area (Å²) in [5, 5.41) is 13.8. The van der Waals surface area contributed by atoms with Crippen LogP contribution in [0.2, 0.25) is 0 Å². The van der Waals surface area contributed by atoms with E-state index in [9.17, 15) is 14.4 Å². The van der Waals surface area contributed by atoms with Gasteiger partial charge in [-0.25, -0.2) is 0 Å². The number of ketones is 1. The summed E-state index contributed by atoms with van der Waals surface area (Å²) in [5.41, 5.74) is 6.79. The maximum atomic E-state index is 12.3. The fraction of sp³-hybridized carbons (Fsp3) is 0.593. The number of nitriles is 1. The van der Waals surface area contributed by atoms with E-state index < -0.39 is 0 Å². The first-order valence-corrected chi connectivity index (χ1v) is 12.4. The minimum atomic E-state index is -0.286. The first-order chi connectivity index (χ1) is 16.5. The molecule has 8 nitrogen and oxygen atoms in total. The molecule has 0 bridgehead atoms. The van der Waals surface area contributed by atoms with Gasteiger partial charge in [0.05, 0.1) is 17.5 Å². The summed E-state index contributed by atoms with van der Waals surface area (Å²) < 4.78 is 1.86. The molecule has 2 amide bonds. The minimum Gasteiger partial charge on any atom is -0.369 e. The molecule has 1 aliphatic heterocycles. The molecule has 2 atom stereocenters. The van der Waals surface area contributed by atoms with Gasteiger partial charge in [0.2, 0.25) is 11.8 Å². The van der Waals surface area contributed by atoms with Crippen molar-refractivity contribution in [2.24, 2.45) is 23.0 Å². The van der Waals surface area contributed by atoms with Crippen LogP contribution in [0.15, 0.2) is 24.3 Å². The first kappa shape index (κ1) is 28.0. The molecule has 8 heteroatoms. The highest BCUT2D eigenvalue weighted by molar-refractivity contribution is 6.04. The van der Waals surface area contributed by atoms with Crippen LogP contribution in [0.1, 0.15) is 77.2 Å². The molecule has 3 rings (SSSR count). The van der Waals surface area contributed by atoms with Crippen molar-refractivity contribution in [1.29, 1.82) is 5.26 Å². The van der Waals surface area contributed by atoms with E-state index in [0.29, 0.717) is 18.7 Å². The lowest BCUT2D eigenvalue weighted by Gasteiger charge is -2.36. The maximum absolute atomic E-state index is 12.3. The zero-order valence-electron chi connectivity index (χ0n) is 21.7. The van der Waals surface area contributed by atoms with Crippen LogP contribution in [0, 0.1) is 28.6 Å². The van der Waals surface area contributed by atoms with E-state index in [2.05, 4.69) is 31.9 Å². The van der Waals surface area contributed by atoms with E-state index in [1.807, 2.05) is 35.9 Å². The van der Waals surface area contributed by atoms with Crippen molar-refractivity contribution in [3.63, 3.8) is 0 Å². The molecule has 1 aliphatic rings. The molecule has 1 aromatic heterocycles. The second-order valence-electron chi connectivity index (χ2n) is 10.4. The molecular weight excluding hydrogens is 442 g/mol. The summed E-state index contributed by atoms with van der Waals surface area (Å²) in [4.78, 5) is 36.8. The molecule has 0 saturated carbocycles. The SMILES string of the molecule is CC(=O)c1nn(CCCCC#N)c2ccccc12.CC(C(=O)N1CCCC(C(N)=O)C1)C(C)(C)C. The molecule has 2 unspecified atom stereocenters. The van der Waals surface area contributed by atoms with E-state index in [4.69, 9.17) is 11.0 Å². The molecule has 2 aromatic rings. The summed E-state index contributed by atoms with van der Waals surface area (Å²) in [7, 11) is 0. The van der Waals surface area contributed by atoms with Crippen molar-refractivity contribution in [2.45, 2.75) is 73.3 Å². The maximum Gasteiger partial charge on any atom is 0.225 e. The summed E-state index contributed by atoms with van der Waals surface area (Å²) in [5.74, 6) is -0.356. The van der Waals surface area contributed by atoms with Crippen LogP contribution in [-0.2, 0) is 16.1 Å². The van der Waals surface area contributed by atoms with E-state index in [1.165, 1.54) is 6.92 Å². The van der Waals surface area contributed by atoms with Gasteiger partial charge >= 0.3 is 0 Å². The number of amides is 2. The lowest BCUT2D eigenvalue weighted by molar-refractivity contribution is -0.141. The molecule has 0 aliphatic carbocycles. The Labute approximate surface area is 208 Å². The van der Waals surface area contributed by atoms with E-state index in [1.54, 1.807) is 4.90 Å². The first-order valence-electron chi connectivity index (χ1n) is 12.4. The number of carbonyl (C=O) groups is 3. The Balaban J connectivity index is 0.000000247. The van der Waals surface area contributed by atoms with Crippen LogP contribution in [0.4, 0.5) is 0 Å². The average Bonchev–Trinajstić information content (AvgIpc) is 3.20. The quantitative estimate of drug-likeness (QED) is 0.466. The summed E-state index contributed by atoms with van der Waals surface area (Å²) in [6.45, 7) is 11.7. The van der Waals surface area contributed by atoms with Gasteiger partial charge in [-0.3, -0.25) is 19.1 Å². The summed E-state index contributed by atoms with van der Waals surface area (Å²) in [6.07, 6.45) is 4.01. The lowest BCUT2D eigenvalue weighted by atomic mass is 9.80. The summed E-state index contributed by atoms with van der Waals surface area (Å²) >= 11 is 0. The average molecular weight is 482 g/mol. The number of aromatic nitrogens is 2. The van der Waals surface area contributed by atoms with Crippen molar-refractivity contribution in [3.8, 4) is 6.07 Å². The number of Topliss-reactive ketones (excluding diaryl/α,β-unsaturated/α-hetero) is 1. The van der Waals surface area contributed by atoms with E-state index in [-0.39, 0.29) is 34.8 Å². The molecule has 1 fully saturated rings. The van der Waals surface area contributed by atoms with Gasteiger partial charge in [-0.15, -0.1) is 0 Å². The fourth-order valence-electron chi connectivity index (χ4n) is 4.08. The molecular formula is C27H39N5O3. The van der Waals surface area contributed by atoms with E-state index in [0.717, 1.165) is 49.7 Å². The standard InChI is InChI=1S/C14H15N3O.C13H24N2O2/c1-11(18)14-12-7-3-4-8-13(12)17(16-14)10-6-2-5-9-15;1-9(13(2,3)4)12(17)15-7-5-6-10(8-15)11(14)16/h3-4,7-8H,2,5-6,10H2,1H3;9-10H,5-8H2,1-4H3,(H2,14,16). The van der Waals surface area contributed by atoms with Crippen molar-refractivity contribution >= 4 is 28.5 Å². The van der Waals surface area contributed by atoms with Crippen LogP contribution in [0.3, 0.4) is 0 Å². The number of nitrogens with zero attached hydrogens (tertiary/aromatic N) is 4. The van der Waals surface area contributed by atoms with Crippen molar-refractivity contribution < 1.29 is 14.4 Å². The molecule has 2 N–H and O–H groups in total. The minimum absolute atomic E-state index is 0.0121. The molecule has 1 aromatic carbocycles. The van der Waals surface area contributed by atoms with Crippen molar-refractivity contribution in [3.05, 3.63) is 30.0 Å². The van der Waals surface area contributed by atoms with Crippen molar-refractivity contribution in [1.82, 2.24) is 14.7 Å². The number of para-hydroxylation sites is 1. The fourth-order valence-corrected chi connectivity index (χ4v) is 4.08.